The molecule has 7 nitrogen and oxygen atoms in total. The number of amides is 1. The first kappa shape index (κ1) is 14.7. The lowest BCUT2D eigenvalue weighted by molar-refractivity contribution is 0.0217. The number of likely N-dealkylation sites (N-methyl/N-ethyl adjacent to an activating group) is 1. The van der Waals surface area contributed by atoms with Gasteiger partial charge in [0.15, 0.2) is 0 Å². The Labute approximate surface area is 118 Å². The van der Waals surface area contributed by atoms with Crippen molar-refractivity contribution in [3.63, 3.8) is 0 Å². The number of nitrogens with zero attached hydrogens (tertiary/aromatic N) is 4. The van der Waals surface area contributed by atoms with Crippen molar-refractivity contribution in [3.05, 3.63) is 18.1 Å². The van der Waals surface area contributed by atoms with Gasteiger partial charge in [-0.1, -0.05) is 0 Å². The van der Waals surface area contributed by atoms with Crippen LogP contribution in [0.2, 0.25) is 0 Å². The van der Waals surface area contributed by atoms with Crippen molar-refractivity contribution in [2.75, 3.05) is 44.8 Å². The number of carbonyl (C=O) groups is 1. The Hall–Kier alpha value is -1.73. The van der Waals surface area contributed by atoms with E-state index in [1.807, 2.05) is 11.9 Å². The van der Waals surface area contributed by atoms with E-state index in [0.717, 1.165) is 32.8 Å². The van der Waals surface area contributed by atoms with Crippen molar-refractivity contribution in [1.29, 1.82) is 0 Å². The maximum atomic E-state index is 11.1. The molecule has 0 radical (unpaired) electrons. The van der Waals surface area contributed by atoms with E-state index >= 15 is 0 Å². The minimum Gasteiger partial charge on any atom is -0.379 e. The molecule has 2 heterocycles. The Balaban J connectivity index is 1.98. The summed E-state index contributed by atoms with van der Waals surface area (Å²) in [6.45, 7) is 6.43. The van der Waals surface area contributed by atoms with Gasteiger partial charge in [0.05, 0.1) is 25.6 Å². The van der Waals surface area contributed by atoms with E-state index in [1.165, 1.54) is 6.20 Å². The smallest absolute Gasteiger partial charge is 0.268 e. The molecule has 110 valence electrons. The normalized spacial score (nSPS) is 17.7. The van der Waals surface area contributed by atoms with Crippen LogP contribution in [0.15, 0.2) is 12.4 Å². The van der Waals surface area contributed by atoms with Gasteiger partial charge in [-0.05, 0) is 6.92 Å². The first-order valence-corrected chi connectivity index (χ1v) is 6.72. The van der Waals surface area contributed by atoms with E-state index in [2.05, 4.69) is 21.8 Å². The Morgan fingerprint density at radius 1 is 1.50 bits per heavy atom. The van der Waals surface area contributed by atoms with Gasteiger partial charge in [0.2, 0.25) is 0 Å². The van der Waals surface area contributed by atoms with Gasteiger partial charge >= 0.3 is 0 Å². The lowest BCUT2D eigenvalue weighted by atomic mass is 10.2. The van der Waals surface area contributed by atoms with Gasteiger partial charge in [-0.3, -0.25) is 14.7 Å². The SMILES string of the molecule is C[C@H](CN(C)c1cncc(C(N)=O)n1)N1CCOCC1. The number of anilines is 1. The largest absolute Gasteiger partial charge is 0.379 e. The van der Waals surface area contributed by atoms with Gasteiger partial charge in [0.25, 0.3) is 5.91 Å². The molecule has 1 aliphatic rings. The summed E-state index contributed by atoms with van der Waals surface area (Å²) in [7, 11) is 1.94. The zero-order chi connectivity index (χ0) is 14.5. The zero-order valence-corrected chi connectivity index (χ0v) is 12.0. The van der Waals surface area contributed by atoms with Crippen LogP contribution in [0.1, 0.15) is 17.4 Å². The van der Waals surface area contributed by atoms with Crippen LogP contribution >= 0.6 is 0 Å². The summed E-state index contributed by atoms with van der Waals surface area (Å²) in [5.74, 6) is 0.0930. The van der Waals surface area contributed by atoms with Crippen LogP contribution in [-0.2, 0) is 4.74 Å². The predicted molar refractivity (Wildman–Crippen MR) is 75.7 cm³/mol. The number of primary amides is 1. The van der Waals surface area contributed by atoms with Gasteiger partial charge in [-0.25, -0.2) is 4.98 Å². The van der Waals surface area contributed by atoms with Gasteiger partial charge in [-0.2, -0.15) is 0 Å². The molecule has 0 spiro atoms. The fourth-order valence-corrected chi connectivity index (χ4v) is 2.28. The molecule has 7 heteroatoms. The molecule has 0 unspecified atom stereocenters. The molecule has 0 aliphatic carbocycles. The fraction of sp³-hybridized carbons (Fsp3) is 0.615. The summed E-state index contributed by atoms with van der Waals surface area (Å²) >= 11 is 0. The summed E-state index contributed by atoms with van der Waals surface area (Å²) in [6.07, 6.45) is 3.02. The topological polar surface area (TPSA) is 84.6 Å². The first-order valence-electron chi connectivity index (χ1n) is 6.72. The predicted octanol–water partition coefficient (Wildman–Crippen LogP) is -0.268. The van der Waals surface area contributed by atoms with Crippen molar-refractivity contribution in [2.45, 2.75) is 13.0 Å². The van der Waals surface area contributed by atoms with Gasteiger partial charge in [0.1, 0.15) is 11.5 Å². The summed E-state index contributed by atoms with van der Waals surface area (Å²) < 4.78 is 5.35. The molecule has 20 heavy (non-hydrogen) atoms. The third kappa shape index (κ3) is 3.64. The lowest BCUT2D eigenvalue weighted by Crippen LogP contribution is -2.47. The highest BCUT2D eigenvalue weighted by molar-refractivity contribution is 5.90. The Bertz CT molecular complexity index is 462. The van der Waals surface area contributed by atoms with Crippen LogP contribution in [-0.4, -0.2) is 66.7 Å². The highest BCUT2D eigenvalue weighted by atomic mass is 16.5. The molecule has 0 bridgehead atoms. The van der Waals surface area contributed by atoms with Gasteiger partial charge < -0.3 is 15.4 Å². The van der Waals surface area contributed by atoms with Crippen molar-refractivity contribution < 1.29 is 9.53 Å². The van der Waals surface area contributed by atoms with Crippen LogP contribution in [0.5, 0.6) is 0 Å². The molecular formula is C13H21N5O2. The molecule has 2 rings (SSSR count). The number of rotatable bonds is 5. The number of nitrogens with two attached hydrogens (primary N) is 1. The van der Waals surface area contributed by atoms with Crippen LogP contribution in [0.25, 0.3) is 0 Å². The van der Waals surface area contributed by atoms with Crippen molar-refractivity contribution in [3.8, 4) is 0 Å². The molecule has 0 aromatic carbocycles. The zero-order valence-electron chi connectivity index (χ0n) is 12.0. The Kier molecular flexibility index (Phi) is 4.86. The third-order valence-corrected chi connectivity index (χ3v) is 3.47. The number of aromatic nitrogens is 2. The van der Waals surface area contributed by atoms with Crippen LogP contribution in [0, 0.1) is 0 Å². The second kappa shape index (κ2) is 6.62. The lowest BCUT2D eigenvalue weighted by Gasteiger charge is -2.34. The fourth-order valence-electron chi connectivity index (χ4n) is 2.28. The van der Waals surface area contributed by atoms with E-state index in [0.29, 0.717) is 11.9 Å². The standard InChI is InChI=1S/C13H21N5O2/c1-10(18-3-5-20-6-4-18)9-17(2)12-8-15-7-11(16-12)13(14)19/h7-8,10H,3-6,9H2,1-2H3,(H2,14,19)/t10-/m1/s1. The summed E-state index contributed by atoms with van der Waals surface area (Å²) in [5, 5.41) is 0. The number of hydrogen-bond donors (Lipinski definition) is 1. The minimum absolute atomic E-state index is 0.188. The van der Waals surface area contributed by atoms with Gasteiger partial charge in [0, 0.05) is 32.7 Å². The second-order valence-electron chi connectivity index (χ2n) is 5.00. The number of morpholine rings is 1. The van der Waals surface area contributed by atoms with Gasteiger partial charge in [-0.15, -0.1) is 0 Å². The van der Waals surface area contributed by atoms with E-state index in [4.69, 9.17) is 10.5 Å². The maximum absolute atomic E-state index is 11.1. The van der Waals surface area contributed by atoms with Crippen LogP contribution < -0.4 is 10.6 Å². The third-order valence-electron chi connectivity index (χ3n) is 3.47. The molecule has 1 aromatic heterocycles. The highest BCUT2D eigenvalue weighted by Crippen LogP contribution is 2.11. The molecular weight excluding hydrogens is 258 g/mol. The molecule has 0 saturated carbocycles. The first-order chi connectivity index (χ1) is 9.58. The number of hydrogen-bond acceptors (Lipinski definition) is 6. The highest BCUT2D eigenvalue weighted by Gasteiger charge is 2.19. The van der Waals surface area contributed by atoms with Crippen LogP contribution in [0.4, 0.5) is 5.82 Å². The maximum Gasteiger partial charge on any atom is 0.268 e. The van der Waals surface area contributed by atoms with E-state index in [9.17, 15) is 4.79 Å². The van der Waals surface area contributed by atoms with Crippen molar-refractivity contribution in [1.82, 2.24) is 14.9 Å². The molecule has 1 atom stereocenters. The number of ether oxygens (including phenoxy) is 1. The van der Waals surface area contributed by atoms with E-state index in [1.54, 1.807) is 6.20 Å². The average Bonchev–Trinajstić information content (AvgIpc) is 2.48. The Morgan fingerprint density at radius 3 is 2.85 bits per heavy atom. The molecule has 1 aliphatic heterocycles. The van der Waals surface area contributed by atoms with Crippen molar-refractivity contribution >= 4 is 11.7 Å². The minimum atomic E-state index is -0.561. The summed E-state index contributed by atoms with van der Waals surface area (Å²) in [4.78, 5) is 23.7. The van der Waals surface area contributed by atoms with E-state index in [-0.39, 0.29) is 5.69 Å². The number of carbonyl (C=O) groups excluding carboxylic acids is 1. The molecule has 1 fully saturated rings. The summed E-state index contributed by atoms with van der Waals surface area (Å²) in [6, 6.07) is 0.378. The molecule has 2 N–H and O–H groups in total. The van der Waals surface area contributed by atoms with Crippen LogP contribution in [0.3, 0.4) is 0 Å². The van der Waals surface area contributed by atoms with E-state index < -0.39 is 5.91 Å². The summed E-state index contributed by atoms with van der Waals surface area (Å²) in [5.41, 5.74) is 5.41. The quantitative estimate of drug-likeness (QED) is 0.799. The monoisotopic (exact) mass is 279 g/mol. The van der Waals surface area contributed by atoms with Crippen molar-refractivity contribution in [2.24, 2.45) is 5.73 Å². The molecule has 1 aromatic rings. The average molecular weight is 279 g/mol. The molecule has 1 amide bonds. The molecule has 1 saturated heterocycles. The Morgan fingerprint density at radius 2 is 2.20 bits per heavy atom. The second-order valence-corrected chi connectivity index (χ2v) is 5.00.